The molecule has 1 atom stereocenters. The zero-order chi connectivity index (χ0) is 49.6. The third-order valence-corrected chi connectivity index (χ3v) is 12.2. The van der Waals surface area contributed by atoms with Crippen LogP contribution in [0.15, 0.2) is 72.3 Å². The first-order valence-electron chi connectivity index (χ1n) is 24.9. The van der Waals surface area contributed by atoms with Gasteiger partial charge in [-0.1, -0.05) is 130 Å². The fraction of sp³-hybridized carbons (Fsp3) is 0.526. The quantitative estimate of drug-likeness (QED) is 0.0616. The molecular formula is C57H87FN6OS. The lowest BCUT2D eigenvalue weighted by molar-refractivity contribution is 0.112. The molecule has 6 rings (SSSR count). The summed E-state index contributed by atoms with van der Waals surface area (Å²) in [5.41, 5.74) is 10.00. The van der Waals surface area contributed by atoms with E-state index in [9.17, 15) is 9.18 Å². The molecule has 1 aromatic heterocycles. The Morgan fingerprint density at radius 2 is 1.53 bits per heavy atom. The van der Waals surface area contributed by atoms with Crippen LogP contribution in [0.25, 0.3) is 10.9 Å². The molecule has 3 heterocycles. The van der Waals surface area contributed by atoms with E-state index in [4.69, 9.17) is 0 Å². The first kappa shape index (κ1) is 59.7. The number of aromatic nitrogens is 2. The van der Waals surface area contributed by atoms with Gasteiger partial charge in [-0.2, -0.15) is 0 Å². The van der Waals surface area contributed by atoms with Crippen LogP contribution in [0.2, 0.25) is 0 Å². The van der Waals surface area contributed by atoms with E-state index in [1.54, 1.807) is 6.07 Å². The number of hydrogen-bond acceptors (Lipinski definition) is 8. The standard InChI is InChI=1S/C40H51FN6OS.C9H12.4C2H6/c1-28-22-39-37(30(3)42-32(5)43-39)24-33(28)12-9-7-8-10-16-46-18-20-47(21-19-46)17-11-13-34-23-35(36(27-48)25-38(34)41)26-45(6)40-15-14-29(2)49-44-31(40)4;1-3-9-6-4-5-8(2)7-9;4*1-2/h22-25,27,40,44H,2,4,7-10,12,14-21,26H2,1,3,5-6H3;4-7H,3H2,1-2H3;4*1-2H3. The summed E-state index contributed by atoms with van der Waals surface area (Å²) in [5, 5.41) is 1.17. The summed E-state index contributed by atoms with van der Waals surface area (Å²) < 4.78 is 18.2. The molecule has 0 amide bonds. The maximum absolute atomic E-state index is 14.9. The fourth-order valence-electron chi connectivity index (χ4n) is 7.82. The number of unbranched alkanes of at least 4 members (excludes halogenated alkanes) is 3. The van der Waals surface area contributed by atoms with Gasteiger partial charge in [-0.05, 0) is 143 Å². The van der Waals surface area contributed by atoms with Crippen LogP contribution in [0.5, 0.6) is 0 Å². The second kappa shape index (κ2) is 34.0. The molecule has 3 aromatic carbocycles. The minimum Gasteiger partial charge on any atom is -0.329 e. The Morgan fingerprint density at radius 1 is 0.864 bits per heavy atom. The lowest BCUT2D eigenvalue weighted by Crippen LogP contribution is -2.46. The Balaban J connectivity index is 0.00000110. The van der Waals surface area contributed by atoms with Gasteiger partial charge in [0, 0.05) is 55.1 Å². The minimum atomic E-state index is -0.453. The van der Waals surface area contributed by atoms with Gasteiger partial charge in [0.1, 0.15) is 17.9 Å². The van der Waals surface area contributed by atoms with Crippen LogP contribution in [0.1, 0.15) is 156 Å². The minimum absolute atomic E-state index is 0.0834. The van der Waals surface area contributed by atoms with E-state index in [2.05, 4.69) is 118 Å². The Kier molecular flexibility index (Phi) is 30.8. The zero-order valence-electron chi connectivity index (χ0n) is 43.7. The first-order valence-corrected chi connectivity index (χ1v) is 25.8. The molecule has 2 fully saturated rings. The van der Waals surface area contributed by atoms with Gasteiger partial charge in [0.05, 0.1) is 23.7 Å². The molecule has 1 unspecified atom stereocenters. The largest absolute Gasteiger partial charge is 0.329 e. The molecule has 0 aliphatic carbocycles. The van der Waals surface area contributed by atoms with Crippen molar-refractivity contribution in [3.8, 4) is 11.8 Å². The van der Waals surface area contributed by atoms with Crippen molar-refractivity contribution < 1.29 is 9.18 Å². The summed E-state index contributed by atoms with van der Waals surface area (Å²) in [6.45, 7) is 41.0. The second-order valence-electron chi connectivity index (χ2n) is 16.0. The number of benzene rings is 3. The van der Waals surface area contributed by atoms with E-state index in [1.807, 2.05) is 69.4 Å². The van der Waals surface area contributed by atoms with Crippen molar-refractivity contribution in [3.05, 3.63) is 129 Å². The number of allylic oxidation sites excluding steroid dienone is 1. The number of piperazine rings is 1. The number of aryl methyl sites for hydroxylation is 6. The van der Waals surface area contributed by atoms with Crippen LogP contribution in [0.4, 0.5) is 4.39 Å². The van der Waals surface area contributed by atoms with Gasteiger partial charge in [-0.3, -0.25) is 14.6 Å². The molecule has 1 N–H and O–H groups in total. The van der Waals surface area contributed by atoms with Crippen molar-refractivity contribution in [1.29, 1.82) is 0 Å². The molecule has 364 valence electrons. The van der Waals surface area contributed by atoms with E-state index >= 15 is 0 Å². The molecular weight excluding hydrogens is 836 g/mol. The van der Waals surface area contributed by atoms with Crippen molar-refractivity contribution in [2.75, 3.05) is 46.3 Å². The summed E-state index contributed by atoms with van der Waals surface area (Å²) in [5.74, 6) is 6.64. The van der Waals surface area contributed by atoms with E-state index in [-0.39, 0.29) is 6.04 Å². The maximum Gasteiger partial charge on any atom is 0.150 e. The number of likely N-dealkylation sites (N-methyl/N-ethyl adjacent to an activating group) is 1. The van der Waals surface area contributed by atoms with Crippen LogP contribution in [-0.4, -0.2) is 83.3 Å². The third kappa shape index (κ3) is 20.3. The van der Waals surface area contributed by atoms with Gasteiger partial charge in [0.25, 0.3) is 0 Å². The number of carbonyl (C=O) groups is 1. The number of rotatable bonds is 13. The molecule has 0 bridgehead atoms. The normalized spacial score (nSPS) is 14.7. The van der Waals surface area contributed by atoms with Crippen LogP contribution >= 0.6 is 11.9 Å². The Hall–Kier alpha value is -4.33. The van der Waals surface area contributed by atoms with Gasteiger partial charge in [0.15, 0.2) is 0 Å². The third-order valence-electron chi connectivity index (χ3n) is 11.3. The van der Waals surface area contributed by atoms with Crippen LogP contribution < -0.4 is 4.72 Å². The molecule has 2 aliphatic heterocycles. The van der Waals surface area contributed by atoms with Crippen LogP contribution in [0, 0.1) is 45.4 Å². The first-order chi connectivity index (χ1) is 31.9. The Bertz CT molecular complexity index is 2120. The second-order valence-corrected chi connectivity index (χ2v) is 17.0. The number of nitrogens with zero attached hydrogens (tertiary/aromatic N) is 5. The van der Waals surface area contributed by atoms with Crippen molar-refractivity contribution in [2.24, 2.45) is 0 Å². The number of nitrogens with one attached hydrogen (secondary N) is 1. The Morgan fingerprint density at radius 3 is 2.17 bits per heavy atom. The highest BCUT2D eigenvalue weighted by molar-refractivity contribution is 8.01. The average Bonchev–Trinajstić information content (AvgIpc) is 3.51. The van der Waals surface area contributed by atoms with Crippen molar-refractivity contribution in [1.82, 2.24) is 29.4 Å². The molecule has 2 saturated heterocycles. The fourth-order valence-corrected chi connectivity index (χ4v) is 8.45. The molecule has 0 spiro atoms. The van der Waals surface area contributed by atoms with E-state index in [0.29, 0.717) is 24.2 Å². The summed E-state index contributed by atoms with van der Waals surface area (Å²) in [6.07, 6.45) is 9.63. The monoisotopic (exact) mass is 923 g/mol. The summed E-state index contributed by atoms with van der Waals surface area (Å²) in [7, 11) is 2.00. The predicted molar refractivity (Wildman–Crippen MR) is 287 cm³/mol. The number of halogens is 1. The van der Waals surface area contributed by atoms with Crippen LogP contribution in [-0.2, 0) is 19.4 Å². The van der Waals surface area contributed by atoms with Crippen molar-refractivity contribution >= 4 is 29.1 Å². The lowest BCUT2D eigenvalue weighted by Gasteiger charge is -2.33. The summed E-state index contributed by atoms with van der Waals surface area (Å²) in [4.78, 5) is 29.1. The molecule has 0 radical (unpaired) electrons. The van der Waals surface area contributed by atoms with E-state index < -0.39 is 5.82 Å². The topological polar surface area (TPSA) is 64.6 Å². The highest BCUT2D eigenvalue weighted by Gasteiger charge is 2.23. The SMILES string of the molecule is C=C1CCC(N(C)Cc2cc(C#CCN3CCN(CCCCCCc4cc5c(C)nc(C)nc5cc4C)CC3)c(F)cc2C=O)C(=C)NS1.CC.CC.CC.CC.CCc1cccc(C)c1. The highest BCUT2D eigenvalue weighted by Crippen LogP contribution is 2.28. The van der Waals surface area contributed by atoms with Gasteiger partial charge in [0.2, 0.25) is 0 Å². The predicted octanol–water partition coefficient (Wildman–Crippen LogP) is 13.8. The summed E-state index contributed by atoms with van der Waals surface area (Å²) in [6, 6.07) is 16.3. The van der Waals surface area contributed by atoms with Crippen molar-refractivity contribution in [2.45, 2.75) is 154 Å². The molecule has 0 saturated carbocycles. The van der Waals surface area contributed by atoms with Crippen molar-refractivity contribution in [3.63, 3.8) is 0 Å². The van der Waals surface area contributed by atoms with Gasteiger partial charge >= 0.3 is 0 Å². The lowest BCUT2D eigenvalue weighted by atomic mass is 9.98. The summed E-state index contributed by atoms with van der Waals surface area (Å²) >= 11 is 1.51. The zero-order valence-corrected chi connectivity index (χ0v) is 44.5. The smallest absolute Gasteiger partial charge is 0.150 e. The maximum atomic E-state index is 14.9. The van der Waals surface area contributed by atoms with Crippen LogP contribution in [0.3, 0.4) is 0 Å². The molecule has 4 aromatic rings. The van der Waals surface area contributed by atoms with Gasteiger partial charge < -0.3 is 9.62 Å². The molecule has 2 aliphatic rings. The van der Waals surface area contributed by atoms with Gasteiger partial charge in [-0.25, -0.2) is 14.4 Å². The molecule has 9 heteroatoms. The molecule has 66 heavy (non-hydrogen) atoms. The number of hydrogen-bond donors (Lipinski definition) is 1. The van der Waals surface area contributed by atoms with E-state index in [0.717, 1.165) is 97.9 Å². The number of carbonyl (C=O) groups excluding carboxylic acids is 1. The van der Waals surface area contributed by atoms with E-state index in [1.165, 1.54) is 71.3 Å². The van der Waals surface area contributed by atoms with Gasteiger partial charge in [-0.15, -0.1) is 0 Å². The molecule has 7 nitrogen and oxygen atoms in total. The highest BCUT2D eigenvalue weighted by atomic mass is 32.2. The number of aldehydes is 1. The Labute approximate surface area is 406 Å². The number of fused-ring (bicyclic) bond motifs is 1. The average molecular weight is 923 g/mol.